The summed E-state index contributed by atoms with van der Waals surface area (Å²) >= 11 is 5.89. The summed E-state index contributed by atoms with van der Waals surface area (Å²) in [4.78, 5) is 25.3. The number of halogens is 1. The second kappa shape index (κ2) is 8.05. The number of hydrogen-bond donors (Lipinski definition) is 0. The summed E-state index contributed by atoms with van der Waals surface area (Å²) in [5, 5.41) is 4.44. The van der Waals surface area contributed by atoms with Gasteiger partial charge in [0, 0.05) is 16.1 Å². The summed E-state index contributed by atoms with van der Waals surface area (Å²) in [6.45, 7) is 1.81. The predicted molar refractivity (Wildman–Crippen MR) is 99.3 cm³/mol. The minimum absolute atomic E-state index is 0.0425. The average molecular weight is 386 g/mol. The lowest BCUT2D eigenvalue weighted by Gasteiger charge is -2.05. The normalized spacial score (nSPS) is 10.5. The zero-order valence-corrected chi connectivity index (χ0v) is 15.4. The fourth-order valence-corrected chi connectivity index (χ4v) is 2.65. The molecule has 0 bridgehead atoms. The van der Waals surface area contributed by atoms with Gasteiger partial charge in [0.1, 0.15) is 17.0 Å². The van der Waals surface area contributed by atoms with E-state index in [1.54, 1.807) is 62.6 Å². The number of methoxy groups -OCH3 is 1. The van der Waals surface area contributed by atoms with Crippen molar-refractivity contribution in [3.05, 3.63) is 70.4 Å². The molecular weight excluding hydrogens is 370 g/mol. The number of nitrogens with zero attached hydrogens (tertiary/aromatic N) is 1. The van der Waals surface area contributed by atoms with Gasteiger partial charge in [0.25, 0.3) is 5.76 Å². The van der Waals surface area contributed by atoms with E-state index in [1.165, 1.54) is 0 Å². The van der Waals surface area contributed by atoms with Crippen molar-refractivity contribution >= 4 is 23.4 Å². The number of esters is 1. The van der Waals surface area contributed by atoms with Crippen LogP contribution in [-0.4, -0.2) is 30.6 Å². The van der Waals surface area contributed by atoms with Gasteiger partial charge in [0.15, 0.2) is 5.78 Å². The van der Waals surface area contributed by atoms with Crippen LogP contribution in [0.1, 0.15) is 33.4 Å². The smallest absolute Gasteiger partial charge is 0.377 e. The Morgan fingerprint density at radius 1 is 1.07 bits per heavy atom. The highest BCUT2D eigenvalue weighted by atomic mass is 35.5. The number of benzene rings is 2. The number of carbonyl (C=O) groups is 2. The number of aromatic nitrogens is 1. The Balaban J connectivity index is 2.12. The highest BCUT2D eigenvalue weighted by molar-refractivity contribution is 6.30. The van der Waals surface area contributed by atoms with E-state index in [1.807, 2.05) is 0 Å². The van der Waals surface area contributed by atoms with Crippen LogP contribution < -0.4 is 4.74 Å². The molecular formula is C20H16ClNO5. The van der Waals surface area contributed by atoms with Gasteiger partial charge >= 0.3 is 5.97 Å². The predicted octanol–water partition coefficient (Wildman–Crippen LogP) is 4.41. The van der Waals surface area contributed by atoms with Gasteiger partial charge in [-0.2, -0.15) is 0 Å². The standard InChI is InChI=1S/C20H16ClNO5/c1-3-26-20(24)19-16(18(23)13-4-8-14(21)9-5-13)17(22-27-19)12-6-10-15(25-2)11-7-12/h4-11H,3H2,1-2H3. The highest BCUT2D eigenvalue weighted by Gasteiger charge is 2.30. The Labute approximate surface area is 160 Å². The molecule has 1 heterocycles. The molecule has 0 unspecified atom stereocenters. The van der Waals surface area contributed by atoms with Crippen molar-refractivity contribution in [2.24, 2.45) is 0 Å². The zero-order chi connectivity index (χ0) is 19.4. The van der Waals surface area contributed by atoms with E-state index < -0.39 is 11.8 Å². The van der Waals surface area contributed by atoms with Crippen molar-refractivity contribution < 1.29 is 23.6 Å². The molecule has 0 spiro atoms. The van der Waals surface area contributed by atoms with Crippen LogP contribution in [0.5, 0.6) is 5.75 Å². The maximum absolute atomic E-state index is 13.1. The van der Waals surface area contributed by atoms with Crippen LogP contribution in [0, 0.1) is 0 Å². The molecule has 0 saturated heterocycles. The topological polar surface area (TPSA) is 78.6 Å². The molecule has 138 valence electrons. The monoisotopic (exact) mass is 385 g/mol. The van der Waals surface area contributed by atoms with Crippen LogP contribution in [0.25, 0.3) is 11.3 Å². The van der Waals surface area contributed by atoms with Gasteiger partial charge in [0.2, 0.25) is 0 Å². The van der Waals surface area contributed by atoms with E-state index in [0.717, 1.165) is 0 Å². The quantitative estimate of drug-likeness (QED) is 0.462. The number of rotatable bonds is 6. The Bertz CT molecular complexity index is 961. The summed E-state index contributed by atoms with van der Waals surface area (Å²) in [7, 11) is 1.56. The van der Waals surface area contributed by atoms with Gasteiger partial charge in [-0.15, -0.1) is 0 Å². The Hall–Kier alpha value is -3.12. The van der Waals surface area contributed by atoms with Crippen LogP contribution in [0.3, 0.4) is 0 Å². The fourth-order valence-electron chi connectivity index (χ4n) is 2.53. The van der Waals surface area contributed by atoms with Crippen LogP contribution in [0.15, 0.2) is 53.1 Å². The lowest BCUT2D eigenvalue weighted by Crippen LogP contribution is -2.11. The second-order valence-corrected chi connectivity index (χ2v) is 5.96. The fraction of sp³-hybridized carbons (Fsp3) is 0.150. The van der Waals surface area contributed by atoms with Crippen LogP contribution in [0.2, 0.25) is 5.02 Å². The molecule has 0 atom stereocenters. The van der Waals surface area contributed by atoms with Gasteiger partial charge in [-0.25, -0.2) is 4.79 Å². The molecule has 2 aromatic carbocycles. The van der Waals surface area contributed by atoms with E-state index in [0.29, 0.717) is 21.9 Å². The number of ketones is 1. The van der Waals surface area contributed by atoms with Crippen LogP contribution in [-0.2, 0) is 4.74 Å². The number of carbonyl (C=O) groups excluding carboxylic acids is 2. The third-order valence-corrected chi connectivity index (χ3v) is 4.10. The first-order valence-electron chi connectivity index (χ1n) is 8.16. The van der Waals surface area contributed by atoms with Crippen LogP contribution >= 0.6 is 11.6 Å². The molecule has 0 amide bonds. The SMILES string of the molecule is CCOC(=O)c1onc(-c2ccc(OC)cc2)c1C(=O)c1ccc(Cl)cc1. The lowest BCUT2D eigenvalue weighted by molar-refractivity contribution is 0.0476. The Kier molecular flexibility index (Phi) is 5.57. The van der Waals surface area contributed by atoms with Crippen LogP contribution in [0.4, 0.5) is 0 Å². The van der Waals surface area contributed by atoms with Crippen molar-refractivity contribution in [1.29, 1.82) is 0 Å². The number of ether oxygens (including phenoxy) is 2. The maximum atomic E-state index is 13.1. The first-order chi connectivity index (χ1) is 13.0. The molecule has 6 nitrogen and oxygen atoms in total. The zero-order valence-electron chi connectivity index (χ0n) is 14.7. The minimum atomic E-state index is -0.748. The largest absolute Gasteiger partial charge is 0.497 e. The van der Waals surface area contributed by atoms with Crippen molar-refractivity contribution in [2.45, 2.75) is 6.92 Å². The molecule has 0 saturated carbocycles. The van der Waals surface area contributed by atoms with Gasteiger partial charge in [0.05, 0.1) is 13.7 Å². The molecule has 0 fully saturated rings. The molecule has 0 aliphatic heterocycles. The Morgan fingerprint density at radius 3 is 2.33 bits per heavy atom. The van der Waals surface area contributed by atoms with Gasteiger partial charge in [-0.05, 0) is 55.5 Å². The van der Waals surface area contributed by atoms with E-state index in [2.05, 4.69) is 5.16 Å². The summed E-state index contributed by atoms with van der Waals surface area (Å²) in [5.41, 5.74) is 1.25. The molecule has 1 aromatic heterocycles. The molecule has 0 radical (unpaired) electrons. The first-order valence-corrected chi connectivity index (χ1v) is 8.54. The van der Waals surface area contributed by atoms with Gasteiger partial charge < -0.3 is 14.0 Å². The van der Waals surface area contributed by atoms with E-state index in [4.69, 9.17) is 25.6 Å². The molecule has 0 aliphatic rings. The highest BCUT2D eigenvalue weighted by Crippen LogP contribution is 2.30. The molecule has 3 rings (SSSR count). The first kappa shape index (κ1) is 18.7. The third-order valence-electron chi connectivity index (χ3n) is 3.85. The molecule has 0 N–H and O–H groups in total. The maximum Gasteiger partial charge on any atom is 0.377 e. The summed E-state index contributed by atoms with van der Waals surface area (Å²) in [6, 6.07) is 13.2. The molecule has 7 heteroatoms. The molecule has 3 aromatic rings. The average Bonchev–Trinajstić information content (AvgIpc) is 3.13. The van der Waals surface area contributed by atoms with E-state index >= 15 is 0 Å². The molecule has 0 aliphatic carbocycles. The van der Waals surface area contributed by atoms with E-state index in [-0.39, 0.29) is 23.6 Å². The van der Waals surface area contributed by atoms with Crippen molar-refractivity contribution in [3.8, 4) is 17.0 Å². The summed E-state index contributed by atoms with van der Waals surface area (Å²) in [5.74, 6) is -0.745. The van der Waals surface area contributed by atoms with E-state index in [9.17, 15) is 9.59 Å². The lowest BCUT2D eigenvalue weighted by atomic mass is 9.98. The summed E-state index contributed by atoms with van der Waals surface area (Å²) in [6.07, 6.45) is 0. The Morgan fingerprint density at radius 2 is 1.74 bits per heavy atom. The van der Waals surface area contributed by atoms with Crippen molar-refractivity contribution in [3.63, 3.8) is 0 Å². The second-order valence-electron chi connectivity index (χ2n) is 5.52. The van der Waals surface area contributed by atoms with Gasteiger partial charge in [-0.3, -0.25) is 4.79 Å². The van der Waals surface area contributed by atoms with Crippen molar-refractivity contribution in [1.82, 2.24) is 5.16 Å². The van der Waals surface area contributed by atoms with Gasteiger partial charge in [-0.1, -0.05) is 16.8 Å². The molecule has 27 heavy (non-hydrogen) atoms. The third kappa shape index (κ3) is 3.85. The van der Waals surface area contributed by atoms with Crippen molar-refractivity contribution in [2.75, 3.05) is 13.7 Å². The number of hydrogen-bond acceptors (Lipinski definition) is 6. The minimum Gasteiger partial charge on any atom is -0.497 e. The summed E-state index contributed by atoms with van der Waals surface area (Å²) < 4.78 is 15.3.